The van der Waals surface area contributed by atoms with Gasteiger partial charge in [0.15, 0.2) is 0 Å². The van der Waals surface area contributed by atoms with E-state index in [9.17, 15) is 19.2 Å². The number of anilines is 2. The fourth-order valence-electron chi connectivity index (χ4n) is 4.52. The Bertz CT molecular complexity index is 1400. The predicted octanol–water partition coefficient (Wildman–Crippen LogP) is 4.42. The monoisotopic (exact) mass is 504 g/mol. The SMILES string of the molecule is COc1ccc(Cl)cc1N1C[C@@H](C(=O)Oc2ccc(N3C(=O)c4ccccc4C3=O)c(C)c2)CC1=O. The van der Waals surface area contributed by atoms with Crippen LogP contribution in [-0.2, 0) is 9.59 Å². The zero-order chi connectivity index (χ0) is 25.6. The number of amides is 3. The van der Waals surface area contributed by atoms with Gasteiger partial charge in [0.25, 0.3) is 11.8 Å². The summed E-state index contributed by atoms with van der Waals surface area (Å²) in [4.78, 5) is 53.8. The van der Waals surface area contributed by atoms with Crippen LogP contribution in [0.3, 0.4) is 0 Å². The largest absolute Gasteiger partial charge is 0.495 e. The summed E-state index contributed by atoms with van der Waals surface area (Å²) in [6, 6.07) is 16.3. The molecule has 1 saturated heterocycles. The highest BCUT2D eigenvalue weighted by Crippen LogP contribution is 2.36. The van der Waals surface area contributed by atoms with E-state index in [1.54, 1.807) is 61.5 Å². The maximum absolute atomic E-state index is 12.9. The lowest BCUT2D eigenvalue weighted by atomic mass is 10.1. The van der Waals surface area contributed by atoms with Gasteiger partial charge in [-0.25, -0.2) is 4.90 Å². The van der Waals surface area contributed by atoms with Crippen molar-refractivity contribution < 1.29 is 28.7 Å². The van der Waals surface area contributed by atoms with Gasteiger partial charge in [0.2, 0.25) is 5.91 Å². The number of benzene rings is 3. The van der Waals surface area contributed by atoms with Gasteiger partial charge in [-0.15, -0.1) is 0 Å². The van der Waals surface area contributed by atoms with Crippen molar-refractivity contribution in [2.75, 3.05) is 23.5 Å². The molecule has 1 atom stereocenters. The minimum absolute atomic E-state index is 0.0133. The zero-order valence-electron chi connectivity index (χ0n) is 19.5. The van der Waals surface area contributed by atoms with E-state index in [-0.39, 0.29) is 24.6 Å². The standard InChI is InChI=1S/C27H21ClN2O6/c1-15-11-18(8-9-21(15)30-25(32)19-5-3-4-6-20(19)26(30)33)36-27(34)16-12-24(31)29(14-16)22-13-17(28)7-10-23(22)35-2/h3-11,13,16H,12,14H2,1-2H3/t16-/m0/s1. The number of methoxy groups -OCH3 is 1. The molecule has 36 heavy (non-hydrogen) atoms. The fourth-order valence-corrected chi connectivity index (χ4v) is 4.69. The Morgan fingerprint density at radius 1 is 0.944 bits per heavy atom. The molecule has 3 aromatic carbocycles. The molecule has 0 unspecified atom stereocenters. The lowest BCUT2D eigenvalue weighted by molar-refractivity contribution is -0.139. The molecule has 0 radical (unpaired) electrons. The third kappa shape index (κ3) is 3.99. The number of hydrogen-bond donors (Lipinski definition) is 0. The summed E-state index contributed by atoms with van der Waals surface area (Å²) in [6.07, 6.45) is -0.0133. The van der Waals surface area contributed by atoms with Gasteiger partial charge in [-0.1, -0.05) is 23.7 Å². The normalized spacial score (nSPS) is 17.0. The number of imide groups is 1. The number of carbonyl (C=O) groups is 4. The molecule has 182 valence electrons. The van der Waals surface area contributed by atoms with Crippen molar-refractivity contribution in [3.05, 3.63) is 82.4 Å². The molecule has 0 aliphatic carbocycles. The van der Waals surface area contributed by atoms with Crippen molar-refractivity contribution in [2.24, 2.45) is 5.92 Å². The van der Waals surface area contributed by atoms with Gasteiger partial charge in [-0.2, -0.15) is 0 Å². The van der Waals surface area contributed by atoms with Crippen molar-refractivity contribution in [2.45, 2.75) is 13.3 Å². The summed E-state index contributed by atoms with van der Waals surface area (Å²) in [5, 5.41) is 0.443. The molecule has 5 rings (SSSR count). The number of hydrogen-bond acceptors (Lipinski definition) is 6. The molecule has 2 heterocycles. The molecule has 3 amide bonds. The number of fused-ring (bicyclic) bond motifs is 1. The molecule has 1 fully saturated rings. The molecule has 8 nitrogen and oxygen atoms in total. The molecule has 0 saturated carbocycles. The van der Waals surface area contributed by atoms with Crippen LogP contribution in [0.5, 0.6) is 11.5 Å². The van der Waals surface area contributed by atoms with E-state index in [0.717, 1.165) is 4.90 Å². The van der Waals surface area contributed by atoms with Crippen LogP contribution >= 0.6 is 11.6 Å². The van der Waals surface area contributed by atoms with E-state index < -0.39 is 23.7 Å². The van der Waals surface area contributed by atoms with Crippen LogP contribution in [0.15, 0.2) is 60.7 Å². The third-order valence-electron chi connectivity index (χ3n) is 6.31. The predicted molar refractivity (Wildman–Crippen MR) is 133 cm³/mol. The zero-order valence-corrected chi connectivity index (χ0v) is 20.2. The third-order valence-corrected chi connectivity index (χ3v) is 6.55. The number of rotatable bonds is 5. The summed E-state index contributed by atoms with van der Waals surface area (Å²) >= 11 is 6.09. The first-order valence-corrected chi connectivity index (χ1v) is 11.6. The Balaban J connectivity index is 1.31. The van der Waals surface area contributed by atoms with Crippen molar-refractivity contribution >= 4 is 46.7 Å². The maximum Gasteiger partial charge on any atom is 0.316 e. The molecule has 0 aromatic heterocycles. The molecule has 3 aromatic rings. The Labute approximate surface area is 212 Å². The van der Waals surface area contributed by atoms with Crippen molar-refractivity contribution in [1.82, 2.24) is 0 Å². The van der Waals surface area contributed by atoms with Crippen LogP contribution in [0.1, 0.15) is 32.7 Å². The number of ether oxygens (including phenoxy) is 2. The van der Waals surface area contributed by atoms with Crippen LogP contribution in [-0.4, -0.2) is 37.3 Å². The average molecular weight is 505 g/mol. The lowest BCUT2D eigenvalue weighted by Gasteiger charge is -2.20. The number of aryl methyl sites for hydroxylation is 1. The second-order valence-electron chi connectivity index (χ2n) is 8.58. The topological polar surface area (TPSA) is 93.2 Å². The Morgan fingerprint density at radius 2 is 1.64 bits per heavy atom. The van der Waals surface area contributed by atoms with Gasteiger partial charge >= 0.3 is 5.97 Å². The molecule has 9 heteroatoms. The molecule has 0 spiro atoms. The van der Waals surface area contributed by atoms with Gasteiger partial charge in [0.1, 0.15) is 11.5 Å². The fraction of sp³-hybridized carbons (Fsp3) is 0.185. The van der Waals surface area contributed by atoms with Crippen LogP contribution in [0.4, 0.5) is 11.4 Å². The summed E-state index contributed by atoms with van der Waals surface area (Å²) in [5.41, 5.74) is 2.19. The highest BCUT2D eigenvalue weighted by atomic mass is 35.5. The van der Waals surface area contributed by atoms with Gasteiger partial charge in [-0.3, -0.25) is 19.2 Å². The van der Waals surface area contributed by atoms with Gasteiger partial charge in [0.05, 0.1) is 35.5 Å². The molecule has 2 aliphatic rings. The molecular formula is C27H21ClN2O6. The highest BCUT2D eigenvalue weighted by molar-refractivity contribution is 6.34. The van der Waals surface area contributed by atoms with E-state index in [1.165, 1.54) is 18.1 Å². The maximum atomic E-state index is 12.9. The number of carbonyl (C=O) groups excluding carboxylic acids is 4. The van der Waals surface area contributed by atoms with Crippen molar-refractivity contribution in [3.63, 3.8) is 0 Å². The molecule has 2 aliphatic heterocycles. The van der Waals surface area contributed by atoms with E-state index in [0.29, 0.717) is 38.8 Å². The number of halogens is 1. The first-order chi connectivity index (χ1) is 17.3. The Kier molecular flexibility index (Phi) is 5.97. The van der Waals surface area contributed by atoms with Crippen molar-refractivity contribution in [3.8, 4) is 11.5 Å². The quantitative estimate of drug-likeness (QED) is 0.290. The van der Waals surface area contributed by atoms with E-state index >= 15 is 0 Å². The Morgan fingerprint density at radius 3 is 2.28 bits per heavy atom. The first-order valence-electron chi connectivity index (χ1n) is 11.2. The summed E-state index contributed by atoms with van der Waals surface area (Å²) in [6.45, 7) is 1.85. The van der Waals surface area contributed by atoms with E-state index in [1.807, 2.05) is 0 Å². The summed E-state index contributed by atoms with van der Waals surface area (Å²) in [7, 11) is 1.49. The minimum atomic E-state index is -0.683. The average Bonchev–Trinajstić information content (AvgIpc) is 3.37. The van der Waals surface area contributed by atoms with Crippen LogP contribution in [0.2, 0.25) is 5.02 Å². The van der Waals surface area contributed by atoms with Gasteiger partial charge < -0.3 is 14.4 Å². The smallest absolute Gasteiger partial charge is 0.316 e. The summed E-state index contributed by atoms with van der Waals surface area (Å²) in [5.74, 6) is -1.55. The first kappa shape index (κ1) is 23.6. The minimum Gasteiger partial charge on any atom is -0.495 e. The van der Waals surface area contributed by atoms with E-state index in [4.69, 9.17) is 21.1 Å². The lowest BCUT2D eigenvalue weighted by Crippen LogP contribution is -2.30. The second kappa shape index (κ2) is 9.13. The van der Waals surface area contributed by atoms with Gasteiger partial charge in [-0.05, 0) is 61.0 Å². The molecule has 0 bridgehead atoms. The Hall–Kier alpha value is -4.17. The van der Waals surface area contributed by atoms with E-state index in [2.05, 4.69) is 0 Å². The number of nitrogens with zero attached hydrogens (tertiary/aromatic N) is 2. The van der Waals surface area contributed by atoms with Crippen LogP contribution < -0.4 is 19.3 Å². The number of esters is 1. The van der Waals surface area contributed by atoms with Crippen LogP contribution in [0.25, 0.3) is 0 Å². The summed E-state index contributed by atoms with van der Waals surface area (Å²) < 4.78 is 10.9. The van der Waals surface area contributed by atoms with Gasteiger partial charge in [0, 0.05) is 18.0 Å². The van der Waals surface area contributed by atoms with Crippen LogP contribution in [0, 0.1) is 12.8 Å². The highest BCUT2D eigenvalue weighted by Gasteiger charge is 2.39. The van der Waals surface area contributed by atoms with Crippen molar-refractivity contribution in [1.29, 1.82) is 0 Å². The second-order valence-corrected chi connectivity index (χ2v) is 9.02. The molecule has 0 N–H and O–H groups in total. The molecular weight excluding hydrogens is 484 g/mol.